The number of benzene rings is 2. The Labute approximate surface area is 137 Å². The van der Waals surface area contributed by atoms with Crippen LogP contribution in [0.2, 0.25) is 0 Å². The van der Waals surface area contributed by atoms with Crippen molar-refractivity contribution in [1.82, 2.24) is 9.55 Å². The van der Waals surface area contributed by atoms with Gasteiger partial charge < -0.3 is 9.47 Å². The third kappa shape index (κ3) is 2.11. The summed E-state index contributed by atoms with van der Waals surface area (Å²) in [5.41, 5.74) is 3.17. The summed E-state index contributed by atoms with van der Waals surface area (Å²) in [4.78, 5) is 18.1. The maximum atomic E-state index is 14.1. The van der Waals surface area contributed by atoms with Crippen molar-refractivity contribution in [3.8, 4) is 11.3 Å². The minimum absolute atomic E-state index is 0.0774. The number of nitrogens with zero attached hydrogens (tertiary/aromatic N) is 3. The molecular formula is C18H13F2N3O. The fraction of sp³-hybridized carbons (Fsp3) is 0.111. The number of carbonyl (C=O) groups excluding carboxylic acids is 1. The molecule has 0 N–H and O–H groups in total. The van der Waals surface area contributed by atoms with Crippen LogP contribution in [-0.2, 0) is 13.6 Å². The van der Waals surface area contributed by atoms with Crippen LogP contribution in [0.15, 0.2) is 48.9 Å². The number of fused-ring (bicyclic) bond motifs is 1. The SMILES string of the molecule is Cn1cncc1-c1cccc2c1CN(c1ccc(F)cc1F)C2=O. The molecule has 0 atom stereocenters. The first-order valence-electron chi connectivity index (χ1n) is 7.42. The molecular weight excluding hydrogens is 312 g/mol. The van der Waals surface area contributed by atoms with E-state index >= 15 is 0 Å². The smallest absolute Gasteiger partial charge is 0.259 e. The Morgan fingerprint density at radius 1 is 1.12 bits per heavy atom. The summed E-state index contributed by atoms with van der Waals surface area (Å²) in [5.74, 6) is -1.71. The second-order valence-electron chi connectivity index (χ2n) is 5.71. The largest absolute Gasteiger partial charge is 0.334 e. The monoisotopic (exact) mass is 325 g/mol. The van der Waals surface area contributed by atoms with E-state index in [0.717, 1.165) is 29.0 Å². The average Bonchev–Trinajstić information content (AvgIpc) is 3.12. The Kier molecular flexibility index (Phi) is 3.19. The van der Waals surface area contributed by atoms with Crippen LogP contribution >= 0.6 is 0 Å². The lowest BCUT2D eigenvalue weighted by Gasteiger charge is -2.16. The molecule has 6 heteroatoms. The molecule has 0 spiro atoms. The molecule has 3 aromatic rings. The first-order chi connectivity index (χ1) is 11.6. The standard InChI is InChI=1S/C18H13F2N3O/c1-22-10-21-8-17(22)12-3-2-4-13-14(12)9-23(18(13)24)16-6-5-11(19)7-15(16)20/h2-8,10H,9H2,1H3. The van der Waals surface area contributed by atoms with Crippen LogP contribution in [0.3, 0.4) is 0 Å². The fourth-order valence-corrected chi connectivity index (χ4v) is 3.08. The van der Waals surface area contributed by atoms with Crippen molar-refractivity contribution in [3.63, 3.8) is 0 Å². The number of hydrogen-bond donors (Lipinski definition) is 0. The first-order valence-corrected chi connectivity index (χ1v) is 7.42. The molecule has 0 saturated heterocycles. The van der Waals surface area contributed by atoms with Gasteiger partial charge in [0.1, 0.15) is 11.6 Å². The van der Waals surface area contributed by atoms with Gasteiger partial charge in [0.05, 0.1) is 30.5 Å². The molecule has 1 aliphatic heterocycles. The highest BCUT2D eigenvalue weighted by molar-refractivity contribution is 6.11. The number of aryl methyl sites for hydroxylation is 1. The Morgan fingerprint density at radius 2 is 1.92 bits per heavy atom. The lowest BCUT2D eigenvalue weighted by atomic mass is 10.0. The fourth-order valence-electron chi connectivity index (χ4n) is 3.08. The van der Waals surface area contributed by atoms with Crippen molar-refractivity contribution in [3.05, 3.63) is 71.7 Å². The van der Waals surface area contributed by atoms with Crippen LogP contribution < -0.4 is 4.90 Å². The Balaban J connectivity index is 1.82. The third-order valence-corrected chi connectivity index (χ3v) is 4.26. The molecule has 4 rings (SSSR count). The van der Waals surface area contributed by atoms with Crippen molar-refractivity contribution in [2.24, 2.45) is 7.05 Å². The quantitative estimate of drug-likeness (QED) is 0.723. The van der Waals surface area contributed by atoms with E-state index in [9.17, 15) is 13.6 Å². The summed E-state index contributed by atoms with van der Waals surface area (Å²) in [6.07, 6.45) is 3.41. The van der Waals surface area contributed by atoms with Gasteiger partial charge in [-0.1, -0.05) is 12.1 Å². The second kappa shape index (κ2) is 5.26. The van der Waals surface area contributed by atoms with E-state index in [0.29, 0.717) is 5.56 Å². The van der Waals surface area contributed by atoms with Gasteiger partial charge in [-0.3, -0.25) is 4.79 Å². The lowest BCUT2D eigenvalue weighted by Crippen LogP contribution is -2.24. The molecule has 2 heterocycles. The average molecular weight is 325 g/mol. The predicted molar refractivity (Wildman–Crippen MR) is 85.5 cm³/mol. The molecule has 0 radical (unpaired) electrons. The Hall–Kier alpha value is -3.02. The highest BCUT2D eigenvalue weighted by Crippen LogP contribution is 2.35. The summed E-state index contributed by atoms with van der Waals surface area (Å²) in [7, 11) is 1.87. The number of aromatic nitrogens is 2. The predicted octanol–water partition coefficient (Wildman–Crippen LogP) is 3.53. The number of imidazole rings is 1. The lowest BCUT2D eigenvalue weighted by molar-refractivity contribution is 0.0995. The second-order valence-corrected chi connectivity index (χ2v) is 5.71. The molecule has 1 aliphatic rings. The van der Waals surface area contributed by atoms with Crippen molar-refractivity contribution < 1.29 is 13.6 Å². The van der Waals surface area contributed by atoms with Crippen molar-refractivity contribution in [1.29, 1.82) is 0 Å². The highest BCUT2D eigenvalue weighted by atomic mass is 19.1. The van der Waals surface area contributed by atoms with E-state index in [1.54, 1.807) is 24.7 Å². The van der Waals surface area contributed by atoms with Gasteiger partial charge in [0.2, 0.25) is 0 Å². The number of hydrogen-bond acceptors (Lipinski definition) is 2. The van der Waals surface area contributed by atoms with Gasteiger partial charge in [-0.25, -0.2) is 13.8 Å². The van der Waals surface area contributed by atoms with Gasteiger partial charge in [-0.2, -0.15) is 0 Å². The molecule has 0 aliphatic carbocycles. The zero-order valence-electron chi connectivity index (χ0n) is 12.8. The summed E-state index contributed by atoms with van der Waals surface area (Å²) < 4.78 is 29.1. The van der Waals surface area contributed by atoms with Gasteiger partial charge in [0.25, 0.3) is 5.91 Å². The molecule has 0 fully saturated rings. The van der Waals surface area contributed by atoms with Gasteiger partial charge in [0, 0.05) is 24.2 Å². The van der Waals surface area contributed by atoms with Crippen LogP contribution in [0, 0.1) is 11.6 Å². The number of carbonyl (C=O) groups is 1. The first kappa shape index (κ1) is 14.6. The van der Waals surface area contributed by atoms with Gasteiger partial charge in [-0.05, 0) is 23.8 Å². The molecule has 0 saturated carbocycles. The maximum absolute atomic E-state index is 14.1. The Morgan fingerprint density at radius 3 is 2.62 bits per heavy atom. The summed E-state index contributed by atoms with van der Waals surface area (Å²) in [6, 6.07) is 8.65. The number of anilines is 1. The van der Waals surface area contributed by atoms with E-state index in [-0.39, 0.29) is 18.1 Å². The molecule has 1 amide bonds. The minimum atomic E-state index is -0.752. The zero-order valence-corrected chi connectivity index (χ0v) is 12.8. The number of amides is 1. The summed E-state index contributed by atoms with van der Waals surface area (Å²) in [5, 5.41) is 0. The van der Waals surface area contributed by atoms with Gasteiger partial charge >= 0.3 is 0 Å². The summed E-state index contributed by atoms with van der Waals surface area (Å²) in [6.45, 7) is 0.234. The third-order valence-electron chi connectivity index (χ3n) is 4.26. The zero-order chi connectivity index (χ0) is 16.8. The topological polar surface area (TPSA) is 38.1 Å². The molecule has 1 aromatic heterocycles. The number of rotatable bonds is 2. The minimum Gasteiger partial charge on any atom is -0.334 e. The molecule has 24 heavy (non-hydrogen) atoms. The van der Waals surface area contributed by atoms with E-state index in [2.05, 4.69) is 4.98 Å². The van der Waals surface area contributed by atoms with Crippen molar-refractivity contribution in [2.45, 2.75) is 6.54 Å². The van der Waals surface area contributed by atoms with Gasteiger partial charge in [-0.15, -0.1) is 0 Å². The van der Waals surface area contributed by atoms with Crippen molar-refractivity contribution >= 4 is 11.6 Å². The van der Waals surface area contributed by atoms with Crippen LogP contribution in [0.5, 0.6) is 0 Å². The molecule has 120 valence electrons. The van der Waals surface area contributed by atoms with E-state index in [1.807, 2.05) is 17.7 Å². The van der Waals surface area contributed by atoms with Crippen LogP contribution in [0.1, 0.15) is 15.9 Å². The molecule has 4 nitrogen and oxygen atoms in total. The summed E-state index contributed by atoms with van der Waals surface area (Å²) >= 11 is 0. The van der Waals surface area contributed by atoms with Crippen LogP contribution in [0.4, 0.5) is 14.5 Å². The van der Waals surface area contributed by atoms with Crippen LogP contribution in [-0.4, -0.2) is 15.5 Å². The normalized spacial score (nSPS) is 13.5. The maximum Gasteiger partial charge on any atom is 0.259 e. The number of halogens is 2. The van der Waals surface area contributed by atoms with Gasteiger partial charge in [0.15, 0.2) is 0 Å². The van der Waals surface area contributed by atoms with Crippen molar-refractivity contribution in [2.75, 3.05) is 4.90 Å². The molecule has 0 unspecified atom stereocenters. The molecule has 2 aromatic carbocycles. The van der Waals surface area contributed by atoms with Crippen LogP contribution in [0.25, 0.3) is 11.3 Å². The highest BCUT2D eigenvalue weighted by Gasteiger charge is 2.32. The van der Waals surface area contributed by atoms with E-state index in [1.165, 1.54) is 11.0 Å². The Bertz CT molecular complexity index is 965. The van der Waals surface area contributed by atoms with E-state index in [4.69, 9.17) is 0 Å². The van der Waals surface area contributed by atoms with E-state index < -0.39 is 11.6 Å². The molecule has 0 bridgehead atoms.